The molecule has 0 aliphatic carbocycles. The van der Waals surface area contributed by atoms with E-state index in [-0.39, 0.29) is 25.2 Å². The van der Waals surface area contributed by atoms with Gasteiger partial charge in [0.05, 0.1) is 6.61 Å². The van der Waals surface area contributed by atoms with E-state index in [0.29, 0.717) is 19.4 Å². The van der Waals surface area contributed by atoms with Crippen molar-refractivity contribution in [2.75, 3.05) is 19.8 Å². The molecule has 0 fully saturated rings. The number of unbranched alkanes of at least 4 members (excludes halogenated alkanes) is 26. The Kier molecular flexibility index (Phi) is 53.9. The first-order chi connectivity index (χ1) is 32.6. The Hall–Kier alpha value is -2.92. The highest BCUT2D eigenvalue weighted by atomic mass is 16.6. The summed E-state index contributed by atoms with van der Waals surface area (Å²) in [6.07, 6.45) is 74.6. The molecule has 5 nitrogen and oxygen atoms in total. The number of esters is 2. The van der Waals surface area contributed by atoms with Gasteiger partial charge in [0.15, 0.2) is 6.10 Å². The van der Waals surface area contributed by atoms with Gasteiger partial charge in [0, 0.05) is 19.4 Å². The summed E-state index contributed by atoms with van der Waals surface area (Å²) in [6, 6.07) is 0. The Morgan fingerprint density at radius 3 is 1.09 bits per heavy atom. The van der Waals surface area contributed by atoms with Crippen LogP contribution in [0.3, 0.4) is 0 Å². The maximum Gasteiger partial charge on any atom is 0.306 e. The highest BCUT2D eigenvalue weighted by Crippen LogP contribution is 2.16. The van der Waals surface area contributed by atoms with Crippen molar-refractivity contribution < 1.29 is 23.8 Å². The molecule has 1 atom stereocenters. The van der Waals surface area contributed by atoms with Crippen molar-refractivity contribution in [3.8, 4) is 0 Å². The van der Waals surface area contributed by atoms with Crippen molar-refractivity contribution in [1.29, 1.82) is 0 Å². The fourth-order valence-electron chi connectivity index (χ4n) is 7.81. The summed E-state index contributed by atoms with van der Waals surface area (Å²) < 4.78 is 17.4. The summed E-state index contributed by atoms with van der Waals surface area (Å²) in [6.45, 7) is 7.58. The van der Waals surface area contributed by atoms with Crippen LogP contribution in [0.15, 0.2) is 85.1 Å². The fourth-order valence-corrected chi connectivity index (χ4v) is 7.81. The van der Waals surface area contributed by atoms with Crippen LogP contribution >= 0.6 is 0 Å². The summed E-state index contributed by atoms with van der Waals surface area (Å²) in [4.78, 5) is 25.5. The average molecular weight is 920 g/mol. The molecule has 0 spiro atoms. The lowest BCUT2D eigenvalue weighted by molar-refractivity contribution is -0.163. The van der Waals surface area contributed by atoms with Gasteiger partial charge in [-0.2, -0.15) is 0 Å². The summed E-state index contributed by atoms with van der Waals surface area (Å²) in [5.74, 6) is -0.425. The van der Waals surface area contributed by atoms with Gasteiger partial charge < -0.3 is 14.2 Å². The molecule has 0 rings (SSSR count). The average Bonchev–Trinajstić information content (AvgIpc) is 3.32. The van der Waals surface area contributed by atoms with Crippen LogP contribution in [-0.2, 0) is 23.8 Å². The molecule has 0 bridgehead atoms. The molecule has 1 unspecified atom stereocenters. The maximum atomic E-state index is 12.9. The van der Waals surface area contributed by atoms with Gasteiger partial charge in [-0.15, -0.1) is 0 Å². The first-order valence-electron chi connectivity index (χ1n) is 28.1. The Balaban J connectivity index is 4.33. The first-order valence-corrected chi connectivity index (χ1v) is 28.1. The number of ether oxygens (including phenoxy) is 3. The molecule has 0 heterocycles. The molecule has 5 heteroatoms. The number of hydrogen-bond acceptors (Lipinski definition) is 5. The maximum absolute atomic E-state index is 12.9. The predicted octanol–water partition coefficient (Wildman–Crippen LogP) is 19.2. The second kappa shape index (κ2) is 56.4. The van der Waals surface area contributed by atoms with Crippen molar-refractivity contribution >= 4 is 11.9 Å². The van der Waals surface area contributed by atoms with Crippen LogP contribution in [-0.4, -0.2) is 37.9 Å². The predicted molar refractivity (Wildman–Crippen MR) is 288 cm³/mol. The minimum atomic E-state index is -0.556. The quantitative estimate of drug-likeness (QED) is 0.0346. The largest absolute Gasteiger partial charge is 0.462 e. The van der Waals surface area contributed by atoms with Crippen LogP contribution in [0.1, 0.15) is 265 Å². The molecule has 0 aromatic heterocycles. The van der Waals surface area contributed by atoms with Gasteiger partial charge in [0.25, 0.3) is 0 Å². The molecule has 0 radical (unpaired) electrons. The number of allylic oxidation sites excluding steroid dienone is 14. The van der Waals surface area contributed by atoms with Gasteiger partial charge >= 0.3 is 11.9 Å². The van der Waals surface area contributed by atoms with Gasteiger partial charge in [-0.1, -0.05) is 247 Å². The number of hydrogen-bond donors (Lipinski definition) is 0. The van der Waals surface area contributed by atoms with E-state index in [1.54, 1.807) is 0 Å². The van der Waals surface area contributed by atoms with Crippen LogP contribution < -0.4 is 0 Å². The monoisotopic (exact) mass is 919 g/mol. The van der Waals surface area contributed by atoms with Gasteiger partial charge in [-0.3, -0.25) is 9.59 Å². The van der Waals surface area contributed by atoms with Gasteiger partial charge in [0.2, 0.25) is 0 Å². The molecule has 380 valence electrons. The van der Waals surface area contributed by atoms with E-state index < -0.39 is 6.10 Å². The lowest BCUT2D eigenvalue weighted by atomic mass is 10.0. The third-order valence-electron chi connectivity index (χ3n) is 11.9. The second-order valence-corrected chi connectivity index (χ2v) is 18.4. The Morgan fingerprint density at radius 2 is 0.682 bits per heavy atom. The molecule has 0 amide bonds. The summed E-state index contributed by atoms with van der Waals surface area (Å²) in [5, 5.41) is 0. The lowest BCUT2D eigenvalue weighted by Crippen LogP contribution is -2.30. The Morgan fingerprint density at radius 1 is 0.348 bits per heavy atom. The van der Waals surface area contributed by atoms with E-state index in [1.807, 2.05) is 0 Å². The number of carbonyl (C=O) groups excluding carboxylic acids is 2. The van der Waals surface area contributed by atoms with Crippen LogP contribution in [0.5, 0.6) is 0 Å². The van der Waals surface area contributed by atoms with E-state index in [2.05, 4.69) is 106 Å². The summed E-state index contributed by atoms with van der Waals surface area (Å²) >= 11 is 0. The van der Waals surface area contributed by atoms with Gasteiger partial charge in [0.1, 0.15) is 6.61 Å². The van der Waals surface area contributed by atoms with Crippen LogP contribution in [0, 0.1) is 0 Å². The van der Waals surface area contributed by atoms with Crippen LogP contribution in [0.2, 0.25) is 0 Å². The second-order valence-electron chi connectivity index (χ2n) is 18.4. The van der Waals surface area contributed by atoms with Crippen molar-refractivity contribution in [2.24, 2.45) is 0 Å². The standard InChI is InChI=1S/C61H106O5/c1-4-7-10-13-16-19-22-25-28-31-33-36-39-42-45-48-51-54-60(62)65-58-59(57-64-56-53-50-47-44-41-38-35-30-27-24-21-18-15-12-9-6-3)66-61(63)55-52-49-46-43-40-37-34-32-29-26-23-20-17-14-11-8-5-2/h7,9-10,12,16,18-19,21,25,27-28,30,33,36,59H,4-6,8,11,13-15,17,20,22-24,26,29,31-32,34-35,37-58H2,1-3H3/b10-7-,12-9-,19-16-,21-18-,28-25-,30-27-,36-33-. The van der Waals surface area contributed by atoms with Gasteiger partial charge in [-0.25, -0.2) is 0 Å². The fraction of sp³-hybridized carbons (Fsp3) is 0.738. The smallest absolute Gasteiger partial charge is 0.306 e. The first kappa shape index (κ1) is 63.1. The molecule has 0 aliphatic rings. The Labute approximate surface area is 409 Å². The molecule has 0 saturated carbocycles. The zero-order valence-electron chi connectivity index (χ0n) is 43.7. The molecule has 0 N–H and O–H groups in total. The molecule has 0 aliphatic heterocycles. The minimum Gasteiger partial charge on any atom is -0.462 e. The Bertz CT molecular complexity index is 1220. The highest BCUT2D eigenvalue weighted by Gasteiger charge is 2.17. The molecular weight excluding hydrogens is 813 g/mol. The molecule has 0 saturated heterocycles. The third kappa shape index (κ3) is 53.7. The molecular formula is C61H106O5. The molecule has 0 aromatic rings. The number of rotatable bonds is 51. The van der Waals surface area contributed by atoms with E-state index >= 15 is 0 Å². The molecule has 66 heavy (non-hydrogen) atoms. The van der Waals surface area contributed by atoms with E-state index in [4.69, 9.17) is 14.2 Å². The topological polar surface area (TPSA) is 61.8 Å². The lowest BCUT2D eigenvalue weighted by Gasteiger charge is -2.18. The summed E-state index contributed by atoms with van der Waals surface area (Å²) in [5.41, 5.74) is 0. The van der Waals surface area contributed by atoms with Crippen molar-refractivity contribution in [1.82, 2.24) is 0 Å². The highest BCUT2D eigenvalue weighted by molar-refractivity contribution is 5.70. The van der Waals surface area contributed by atoms with Crippen molar-refractivity contribution in [2.45, 2.75) is 271 Å². The molecule has 0 aromatic carbocycles. The minimum absolute atomic E-state index is 0.0660. The zero-order chi connectivity index (χ0) is 47.7. The van der Waals surface area contributed by atoms with Crippen molar-refractivity contribution in [3.63, 3.8) is 0 Å². The van der Waals surface area contributed by atoms with Gasteiger partial charge in [-0.05, 0) is 89.9 Å². The van der Waals surface area contributed by atoms with E-state index in [1.165, 1.54) is 122 Å². The zero-order valence-corrected chi connectivity index (χ0v) is 43.7. The van der Waals surface area contributed by atoms with Crippen LogP contribution in [0.4, 0.5) is 0 Å². The van der Waals surface area contributed by atoms with Crippen molar-refractivity contribution in [3.05, 3.63) is 85.1 Å². The SMILES string of the molecule is CC/C=C\C/C=C\C/C=C\C/C=C\CCCCCCC(=O)OCC(COCCCCCCCC/C=C\C/C=C\C/C=C\CC)OC(=O)CCCCCCCCCCCCCCCCCCC. The van der Waals surface area contributed by atoms with E-state index in [0.717, 1.165) is 109 Å². The van der Waals surface area contributed by atoms with E-state index in [9.17, 15) is 9.59 Å². The third-order valence-corrected chi connectivity index (χ3v) is 11.9. The normalized spacial score (nSPS) is 12.8. The number of carbonyl (C=O) groups is 2. The summed E-state index contributed by atoms with van der Waals surface area (Å²) in [7, 11) is 0. The van der Waals surface area contributed by atoms with Crippen LogP contribution in [0.25, 0.3) is 0 Å².